The molecule has 3 aliphatic heterocycles. The van der Waals surface area contributed by atoms with Gasteiger partial charge in [-0.15, -0.1) is 0 Å². The summed E-state index contributed by atoms with van der Waals surface area (Å²) in [5, 5.41) is 9.32. The van der Waals surface area contributed by atoms with Crippen LogP contribution >= 0.6 is 0 Å². The number of hydrogen-bond acceptors (Lipinski definition) is 11. The van der Waals surface area contributed by atoms with Gasteiger partial charge in [-0.1, -0.05) is 12.1 Å². The summed E-state index contributed by atoms with van der Waals surface area (Å²) in [6.45, 7) is -1.27. The number of hydrogen-bond donors (Lipinski definition) is 4. The summed E-state index contributed by atoms with van der Waals surface area (Å²) in [5.41, 5.74) is 1.49. The number of aromatic nitrogens is 3. The number of nitrogens with zero attached hydrogens (tertiary/aromatic N) is 3. The lowest BCUT2D eigenvalue weighted by atomic mass is 10.2. The molecular formula is C27H28F3N7O6S. The van der Waals surface area contributed by atoms with Crippen LogP contribution in [0.25, 0.3) is 0 Å². The molecule has 6 rings (SSSR count). The lowest BCUT2D eigenvalue weighted by Gasteiger charge is -2.12. The SMILES string of the molecule is O=C1CCCCNC(=O)c2ccc(cc2)Nc2nc(nc(OCC(F)(F)F)n2)NCc2ccc(cc2)OCC=CS(=O)(=O)N1. The number of carbonyl (C=O) groups is 2. The van der Waals surface area contributed by atoms with Crippen molar-refractivity contribution in [1.82, 2.24) is 25.0 Å². The number of halogens is 3. The van der Waals surface area contributed by atoms with Crippen LogP contribution in [0, 0.1) is 0 Å². The number of benzene rings is 2. The third kappa shape index (κ3) is 10.7. The zero-order chi connectivity index (χ0) is 31.6. The van der Waals surface area contributed by atoms with Crippen molar-refractivity contribution in [3.05, 3.63) is 71.1 Å². The molecule has 0 aliphatic carbocycles. The zero-order valence-corrected chi connectivity index (χ0v) is 23.9. The Kier molecular flexibility index (Phi) is 10.5. The van der Waals surface area contributed by atoms with Crippen LogP contribution < -0.4 is 30.1 Å². The molecule has 0 atom stereocenters. The predicted molar refractivity (Wildman–Crippen MR) is 153 cm³/mol. The van der Waals surface area contributed by atoms with Gasteiger partial charge >= 0.3 is 12.2 Å². The Labute approximate surface area is 250 Å². The average Bonchev–Trinajstić information content (AvgIpc) is 2.97. The Morgan fingerprint density at radius 2 is 1.64 bits per heavy atom. The molecule has 0 unspecified atom stereocenters. The second-order valence-electron chi connectivity index (χ2n) is 9.33. The Bertz CT molecular complexity index is 1580. The van der Waals surface area contributed by atoms with Gasteiger partial charge < -0.3 is 25.4 Å². The van der Waals surface area contributed by atoms with E-state index in [4.69, 9.17) is 9.47 Å². The summed E-state index contributed by atoms with van der Waals surface area (Å²) in [7, 11) is -4.01. The van der Waals surface area contributed by atoms with Crippen molar-refractivity contribution in [3.8, 4) is 11.8 Å². The third-order valence-corrected chi connectivity index (χ3v) is 6.81. The van der Waals surface area contributed by atoms with Gasteiger partial charge in [0, 0.05) is 30.8 Å². The first-order chi connectivity index (χ1) is 20.9. The number of sulfonamides is 1. The maximum atomic E-state index is 12.8. The summed E-state index contributed by atoms with van der Waals surface area (Å²) in [6.07, 6.45) is -2.66. The van der Waals surface area contributed by atoms with Gasteiger partial charge in [0.05, 0.1) is 5.41 Å². The van der Waals surface area contributed by atoms with Crippen molar-refractivity contribution in [3.63, 3.8) is 0 Å². The second kappa shape index (κ2) is 14.5. The molecule has 2 amide bonds. The fourth-order valence-corrected chi connectivity index (χ4v) is 4.51. The van der Waals surface area contributed by atoms with Crippen LogP contribution in [-0.2, 0) is 21.4 Å². The van der Waals surface area contributed by atoms with E-state index < -0.39 is 34.7 Å². The first-order valence-corrected chi connectivity index (χ1v) is 14.8. The van der Waals surface area contributed by atoms with Crippen molar-refractivity contribution in [2.24, 2.45) is 0 Å². The van der Waals surface area contributed by atoms with E-state index in [2.05, 4.69) is 30.9 Å². The van der Waals surface area contributed by atoms with Crippen LogP contribution in [0.3, 0.4) is 0 Å². The number of fused-ring (bicyclic) bond motifs is 2. The van der Waals surface area contributed by atoms with E-state index in [1.807, 2.05) is 4.72 Å². The summed E-state index contributed by atoms with van der Waals surface area (Å²) >= 11 is 0. The lowest BCUT2D eigenvalue weighted by Crippen LogP contribution is -2.29. The van der Waals surface area contributed by atoms with E-state index in [0.29, 0.717) is 29.8 Å². The third-order valence-electron chi connectivity index (χ3n) is 5.75. The van der Waals surface area contributed by atoms with Crippen LogP contribution in [0.1, 0.15) is 35.2 Å². The van der Waals surface area contributed by atoms with E-state index in [9.17, 15) is 31.2 Å². The minimum Gasteiger partial charge on any atom is -0.490 e. The van der Waals surface area contributed by atoms with Crippen LogP contribution in [0.15, 0.2) is 60.0 Å². The number of rotatable bonds is 2. The Morgan fingerprint density at radius 3 is 2.36 bits per heavy atom. The molecule has 0 spiro atoms. The predicted octanol–water partition coefficient (Wildman–Crippen LogP) is 3.42. The van der Waals surface area contributed by atoms with Crippen molar-refractivity contribution < 1.29 is 40.7 Å². The summed E-state index contributed by atoms with van der Waals surface area (Å²) in [5.74, 6) is -0.778. The van der Waals surface area contributed by atoms with Crippen LogP contribution in [0.5, 0.6) is 11.8 Å². The molecule has 6 bridgehead atoms. The monoisotopic (exact) mass is 635 g/mol. The molecule has 2 aromatic carbocycles. The van der Waals surface area contributed by atoms with Gasteiger partial charge in [-0.3, -0.25) is 9.59 Å². The number of carbonyl (C=O) groups excluding carboxylic acids is 2. The molecule has 4 heterocycles. The van der Waals surface area contributed by atoms with Crippen LogP contribution in [0.4, 0.5) is 30.8 Å². The Balaban J connectivity index is 1.54. The van der Waals surface area contributed by atoms with Crippen molar-refractivity contribution in [1.29, 1.82) is 0 Å². The van der Waals surface area contributed by atoms with Crippen LogP contribution in [-0.4, -0.2) is 61.1 Å². The lowest BCUT2D eigenvalue weighted by molar-refractivity contribution is -0.154. The zero-order valence-electron chi connectivity index (χ0n) is 23.1. The maximum Gasteiger partial charge on any atom is 0.422 e. The number of alkyl halides is 3. The van der Waals surface area contributed by atoms with Gasteiger partial charge in [-0.25, -0.2) is 13.1 Å². The topological polar surface area (TPSA) is 174 Å². The van der Waals surface area contributed by atoms with E-state index in [1.165, 1.54) is 18.2 Å². The molecule has 44 heavy (non-hydrogen) atoms. The molecule has 3 aliphatic rings. The number of anilines is 3. The fraction of sp³-hybridized carbons (Fsp3) is 0.296. The van der Waals surface area contributed by atoms with Crippen LogP contribution in [0.2, 0.25) is 0 Å². The highest BCUT2D eigenvalue weighted by Crippen LogP contribution is 2.21. The quantitative estimate of drug-likeness (QED) is 0.325. The van der Waals surface area contributed by atoms with Gasteiger partial charge in [0.2, 0.25) is 17.8 Å². The molecule has 0 fully saturated rings. The second-order valence-corrected chi connectivity index (χ2v) is 10.9. The molecule has 3 aromatic rings. The molecule has 234 valence electrons. The molecule has 17 heteroatoms. The molecular weight excluding hydrogens is 607 g/mol. The smallest absolute Gasteiger partial charge is 0.422 e. The van der Waals surface area contributed by atoms with Gasteiger partial charge in [0.15, 0.2) is 6.61 Å². The number of ether oxygens (including phenoxy) is 2. The summed E-state index contributed by atoms with van der Waals surface area (Å²) in [4.78, 5) is 36.5. The highest BCUT2D eigenvalue weighted by Gasteiger charge is 2.29. The molecule has 0 saturated heterocycles. The first kappa shape index (κ1) is 32.0. The molecule has 0 radical (unpaired) electrons. The first-order valence-electron chi connectivity index (χ1n) is 13.2. The number of nitrogens with one attached hydrogen (secondary N) is 4. The van der Waals surface area contributed by atoms with Crippen molar-refractivity contribution in [2.45, 2.75) is 32.0 Å². The van der Waals surface area contributed by atoms with Gasteiger partial charge in [-0.2, -0.15) is 28.1 Å². The molecule has 0 saturated carbocycles. The largest absolute Gasteiger partial charge is 0.490 e. The average molecular weight is 636 g/mol. The van der Waals surface area contributed by atoms with Crippen molar-refractivity contribution in [2.75, 3.05) is 30.4 Å². The van der Waals surface area contributed by atoms with E-state index >= 15 is 0 Å². The highest BCUT2D eigenvalue weighted by molar-refractivity contribution is 7.92. The highest BCUT2D eigenvalue weighted by atomic mass is 32.2. The molecule has 1 aromatic heterocycles. The van der Waals surface area contributed by atoms with E-state index in [-0.39, 0.29) is 43.9 Å². The fourth-order valence-electron chi connectivity index (χ4n) is 3.69. The Morgan fingerprint density at radius 1 is 0.909 bits per heavy atom. The number of amides is 2. The summed E-state index contributed by atoms with van der Waals surface area (Å²) < 4.78 is 74.8. The summed E-state index contributed by atoms with van der Waals surface area (Å²) in [6, 6.07) is 12.3. The van der Waals surface area contributed by atoms with E-state index in [1.54, 1.807) is 36.4 Å². The minimum atomic E-state index is -4.61. The van der Waals surface area contributed by atoms with Gasteiger partial charge in [0.1, 0.15) is 12.4 Å². The Hall–Kier alpha value is -4.93. The minimum absolute atomic E-state index is 0.0528. The normalized spacial score (nSPS) is 16.4. The van der Waals surface area contributed by atoms with Gasteiger partial charge in [-0.05, 0) is 60.9 Å². The molecule has 13 nitrogen and oxygen atoms in total. The van der Waals surface area contributed by atoms with Gasteiger partial charge in [0.25, 0.3) is 15.9 Å². The molecule has 4 N–H and O–H groups in total. The standard InChI is InChI=1S/C27H28F3N7O6S/c28-27(29,30)17-43-26-35-24-32-16-18-5-11-21(12-6-18)42-14-3-15-44(40,41)37-22(38)4-1-2-13-31-23(39)19-7-9-20(10-8-19)33-25(34-24)36-26/h3,5-12,15H,1-2,4,13-14,16-17H2,(H,31,39)(H,37,38)(H2,32,33,34,35,36). The van der Waals surface area contributed by atoms with E-state index in [0.717, 1.165) is 11.0 Å². The maximum absolute atomic E-state index is 12.8. The van der Waals surface area contributed by atoms with Crippen molar-refractivity contribution >= 4 is 39.4 Å².